The maximum Gasteiger partial charge on any atom is 0.408 e. The highest BCUT2D eigenvalue weighted by Crippen LogP contribution is 2.22. The molecule has 1 saturated heterocycles. The number of ether oxygens (including phenoxy) is 1. The minimum absolute atomic E-state index is 0.203. The van der Waals surface area contributed by atoms with E-state index in [1.54, 1.807) is 20.8 Å². The molecule has 0 radical (unpaired) electrons. The van der Waals surface area contributed by atoms with Gasteiger partial charge in [0.05, 0.1) is 0 Å². The molecule has 1 aromatic rings. The number of carbonyl (C=O) groups is 2. The van der Waals surface area contributed by atoms with E-state index in [0.717, 1.165) is 37.4 Å². The Kier molecular flexibility index (Phi) is 6.25. The second-order valence-electron chi connectivity index (χ2n) is 7.11. The highest BCUT2D eigenvalue weighted by atomic mass is 16.6. The standard InChI is InChI=1S/C18H27N3O4/c1-18(2,3)25-17(24)20-14(16(22)23)12-13-6-4-5-7-15(13)21-10-8-19-9-11-21/h4-7,14,19H,8-12H2,1-3H3,(H,20,24)(H,22,23). The molecule has 0 bridgehead atoms. The van der Waals surface area contributed by atoms with E-state index >= 15 is 0 Å². The Morgan fingerprint density at radius 2 is 1.92 bits per heavy atom. The van der Waals surface area contributed by atoms with Crippen molar-refractivity contribution in [3.63, 3.8) is 0 Å². The quantitative estimate of drug-likeness (QED) is 0.748. The number of anilines is 1. The van der Waals surface area contributed by atoms with Crippen LogP contribution in [0.15, 0.2) is 24.3 Å². The number of hydrogen-bond donors (Lipinski definition) is 3. The van der Waals surface area contributed by atoms with Gasteiger partial charge in [-0.3, -0.25) is 0 Å². The first-order chi connectivity index (χ1) is 11.8. The number of alkyl carbamates (subject to hydrolysis) is 1. The van der Waals surface area contributed by atoms with Gasteiger partial charge in [0.15, 0.2) is 0 Å². The maximum atomic E-state index is 11.9. The highest BCUT2D eigenvalue weighted by Gasteiger charge is 2.25. The summed E-state index contributed by atoms with van der Waals surface area (Å²) in [6.45, 7) is 8.74. The Morgan fingerprint density at radius 3 is 2.52 bits per heavy atom. The topological polar surface area (TPSA) is 90.9 Å². The van der Waals surface area contributed by atoms with Crippen molar-refractivity contribution in [1.29, 1.82) is 0 Å². The van der Waals surface area contributed by atoms with Crippen molar-refractivity contribution in [3.05, 3.63) is 29.8 Å². The molecule has 3 N–H and O–H groups in total. The molecule has 0 saturated carbocycles. The molecule has 1 heterocycles. The summed E-state index contributed by atoms with van der Waals surface area (Å²) in [5.41, 5.74) is 1.24. The van der Waals surface area contributed by atoms with Crippen molar-refractivity contribution in [1.82, 2.24) is 10.6 Å². The number of para-hydroxylation sites is 1. The number of rotatable bonds is 5. The number of nitrogens with one attached hydrogen (secondary N) is 2. The SMILES string of the molecule is CC(C)(C)OC(=O)NC(Cc1ccccc1N1CCNCC1)C(=O)O. The largest absolute Gasteiger partial charge is 0.480 e. The van der Waals surface area contributed by atoms with Crippen LogP contribution in [0.3, 0.4) is 0 Å². The summed E-state index contributed by atoms with van der Waals surface area (Å²) in [5, 5.41) is 15.3. The van der Waals surface area contributed by atoms with Crippen molar-refractivity contribution in [3.8, 4) is 0 Å². The van der Waals surface area contributed by atoms with Gasteiger partial charge in [-0.25, -0.2) is 9.59 Å². The lowest BCUT2D eigenvalue weighted by molar-refractivity contribution is -0.139. The number of piperazine rings is 1. The fraction of sp³-hybridized carbons (Fsp3) is 0.556. The van der Waals surface area contributed by atoms with Crippen molar-refractivity contribution >= 4 is 17.7 Å². The summed E-state index contributed by atoms with van der Waals surface area (Å²) in [6, 6.07) is 6.68. The Balaban J connectivity index is 2.11. The molecule has 138 valence electrons. The number of carbonyl (C=O) groups excluding carboxylic acids is 1. The molecule has 0 spiro atoms. The van der Waals surface area contributed by atoms with Gasteiger partial charge in [0.1, 0.15) is 11.6 Å². The lowest BCUT2D eigenvalue weighted by Gasteiger charge is -2.31. The number of carboxylic acids is 1. The van der Waals surface area contributed by atoms with Crippen LogP contribution in [-0.2, 0) is 16.0 Å². The molecule has 1 aliphatic rings. The van der Waals surface area contributed by atoms with Crippen LogP contribution in [0, 0.1) is 0 Å². The summed E-state index contributed by atoms with van der Waals surface area (Å²) < 4.78 is 5.17. The van der Waals surface area contributed by atoms with Crippen LogP contribution in [-0.4, -0.2) is 55.0 Å². The number of amides is 1. The predicted octanol–water partition coefficient (Wildman–Crippen LogP) is 1.62. The van der Waals surface area contributed by atoms with Crippen LogP contribution in [0.2, 0.25) is 0 Å². The van der Waals surface area contributed by atoms with Crippen LogP contribution in [0.25, 0.3) is 0 Å². The molecular weight excluding hydrogens is 322 g/mol. The molecule has 1 unspecified atom stereocenters. The van der Waals surface area contributed by atoms with E-state index in [9.17, 15) is 14.7 Å². The summed E-state index contributed by atoms with van der Waals surface area (Å²) in [4.78, 5) is 25.8. The van der Waals surface area contributed by atoms with Gasteiger partial charge in [-0.15, -0.1) is 0 Å². The minimum Gasteiger partial charge on any atom is -0.480 e. The van der Waals surface area contributed by atoms with Gasteiger partial charge in [0.2, 0.25) is 0 Å². The molecule has 7 nitrogen and oxygen atoms in total. The fourth-order valence-electron chi connectivity index (χ4n) is 2.77. The number of nitrogens with zero attached hydrogens (tertiary/aromatic N) is 1. The van der Waals surface area contributed by atoms with Gasteiger partial charge in [0, 0.05) is 38.3 Å². The lowest BCUT2D eigenvalue weighted by Crippen LogP contribution is -2.46. The van der Waals surface area contributed by atoms with Gasteiger partial charge in [-0.2, -0.15) is 0 Å². The number of benzene rings is 1. The zero-order chi connectivity index (χ0) is 18.4. The van der Waals surface area contributed by atoms with E-state index in [-0.39, 0.29) is 6.42 Å². The van der Waals surface area contributed by atoms with E-state index in [2.05, 4.69) is 15.5 Å². The Bertz CT molecular complexity index is 607. The summed E-state index contributed by atoms with van der Waals surface area (Å²) in [5.74, 6) is -1.08. The maximum absolute atomic E-state index is 11.9. The Labute approximate surface area is 148 Å². The van der Waals surface area contributed by atoms with Crippen LogP contribution < -0.4 is 15.5 Å². The monoisotopic (exact) mass is 349 g/mol. The van der Waals surface area contributed by atoms with Gasteiger partial charge < -0.3 is 25.4 Å². The molecule has 7 heteroatoms. The molecule has 2 rings (SSSR count). The van der Waals surface area contributed by atoms with Gasteiger partial charge in [0.25, 0.3) is 0 Å². The minimum atomic E-state index is -1.08. The van der Waals surface area contributed by atoms with Crippen LogP contribution in [0.4, 0.5) is 10.5 Å². The third-order valence-electron chi connectivity index (χ3n) is 3.86. The smallest absolute Gasteiger partial charge is 0.408 e. The normalized spacial score (nSPS) is 16.2. The van der Waals surface area contributed by atoms with Crippen LogP contribution in [0.1, 0.15) is 26.3 Å². The molecule has 25 heavy (non-hydrogen) atoms. The van der Waals surface area contributed by atoms with E-state index in [4.69, 9.17) is 4.74 Å². The molecule has 1 aliphatic heterocycles. The van der Waals surface area contributed by atoms with E-state index in [0.29, 0.717) is 0 Å². The second kappa shape index (κ2) is 8.20. The lowest BCUT2D eigenvalue weighted by atomic mass is 10.0. The zero-order valence-corrected chi connectivity index (χ0v) is 15.0. The third-order valence-corrected chi connectivity index (χ3v) is 3.86. The van der Waals surface area contributed by atoms with E-state index in [1.807, 2.05) is 24.3 Å². The van der Waals surface area contributed by atoms with E-state index < -0.39 is 23.7 Å². The second-order valence-corrected chi connectivity index (χ2v) is 7.11. The molecule has 0 aromatic heterocycles. The van der Waals surface area contributed by atoms with Gasteiger partial charge in [-0.1, -0.05) is 18.2 Å². The van der Waals surface area contributed by atoms with Crippen molar-refractivity contribution in [2.75, 3.05) is 31.1 Å². The predicted molar refractivity (Wildman–Crippen MR) is 96.0 cm³/mol. The van der Waals surface area contributed by atoms with Crippen LogP contribution in [0.5, 0.6) is 0 Å². The first kappa shape index (κ1) is 19.1. The molecule has 1 atom stereocenters. The van der Waals surface area contributed by atoms with Crippen molar-refractivity contribution in [2.45, 2.75) is 38.8 Å². The molecular formula is C18H27N3O4. The number of hydrogen-bond acceptors (Lipinski definition) is 5. The van der Waals surface area contributed by atoms with Gasteiger partial charge >= 0.3 is 12.1 Å². The fourth-order valence-corrected chi connectivity index (χ4v) is 2.77. The molecule has 1 fully saturated rings. The Morgan fingerprint density at radius 1 is 1.28 bits per heavy atom. The first-order valence-corrected chi connectivity index (χ1v) is 8.52. The van der Waals surface area contributed by atoms with Gasteiger partial charge in [-0.05, 0) is 32.4 Å². The molecule has 1 amide bonds. The summed E-state index contributed by atoms with van der Waals surface area (Å²) >= 11 is 0. The highest BCUT2D eigenvalue weighted by molar-refractivity contribution is 5.80. The Hall–Kier alpha value is -2.28. The number of aliphatic carboxylic acids is 1. The first-order valence-electron chi connectivity index (χ1n) is 8.52. The zero-order valence-electron chi connectivity index (χ0n) is 15.0. The average Bonchev–Trinajstić information content (AvgIpc) is 2.53. The number of carboxylic acid groups (broad SMARTS) is 1. The average molecular weight is 349 g/mol. The molecule has 1 aromatic carbocycles. The molecule has 0 aliphatic carbocycles. The summed E-state index contributed by atoms with van der Waals surface area (Å²) in [6.07, 6.45) is -0.520. The summed E-state index contributed by atoms with van der Waals surface area (Å²) in [7, 11) is 0. The van der Waals surface area contributed by atoms with Crippen LogP contribution >= 0.6 is 0 Å². The van der Waals surface area contributed by atoms with Crippen molar-refractivity contribution in [2.24, 2.45) is 0 Å². The van der Waals surface area contributed by atoms with E-state index in [1.165, 1.54) is 0 Å². The third kappa shape index (κ3) is 5.94. The van der Waals surface area contributed by atoms with Crippen molar-refractivity contribution < 1.29 is 19.4 Å².